The highest BCUT2D eigenvalue weighted by atomic mass is 16.5. The molecular weight excluding hydrogens is 490 g/mol. The number of carbonyl (C=O) groups is 5. The van der Waals surface area contributed by atoms with Gasteiger partial charge in [0.2, 0.25) is 12.3 Å². The summed E-state index contributed by atoms with van der Waals surface area (Å²) in [4.78, 5) is 56.6. The number of rotatable bonds is 11. The molecule has 5 amide bonds. The predicted molar refractivity (Wildman–Crippen MR) is 137 cm³/mol. The van der Waals surface area contributed by atoms with Gasteiger partial charge in [0.1, 0.15) is 6.54 Å². The van der Waals surface area contributed by atoms with E-state index in [0.717, 1.165) is 18.4 Å². The van der Waals surface area contributed by atoms with E-state index >= 15 is 0 Å². The van der Waals surface area contributed by atoms with Crippen molar-refractivity contribution >= 4 is 36.2 Å². The van der Waals surface area contributed by atoms with Gasteiger partial charge >= 0.3 is 12.0 Å². The highest BCUT2D eigenvalue weighted by Crippen LogP contribution is 2.24. The molecule has 2 unspecified atom stereocenters. The number of guanidine groups is 1. The minimum absolute atomic E-state index is 0.0237. The molecule has 0 radical (unpaired) electrons. The van der Waals surface area contributed by atoms with Gasteiger partial charge in [0.05, 0.1) is 12.2 Å². The molecule has 15 nitrogen and oxygen atoms in total. The molecule has 15 heteroatoms. The number of nitrogens with zero attached hydrogens (tertiary/aromatic N) is 1. The average Bonchev–Trinajstić information content (AvgIpc) is 3.36. The molecule has 0 aromatic rings. The summed E-state index contributed by atoms with van der Waals surface area (Å²) in [5, 5.41) is 23.5. The third-order valence-electron chi connectivity index (χ3n) is 4.09. The Morgan fingerprint density at radius 3 is 2.16 bits per heavy atom. The molecular formula is C22H43N7O8. The number of aliphatic imine (C=N–C) groups is 1. The Morgan fingerprint density at radius 1 is 1.03 bits per heavy atom. The van der Waals surface area contributed by atoms with Gasteiger partial charge < -0.3 is 31.9 Å². The maximum atomic E-state index is 11.6. The Morgan fingerprint density at radius 2 is 1.65 bits per heavy atom. The zero-order valence-corrected chi connectivity index (χ0v) is 22.2. The number of nitrogens with two attached hydrogens (primary N) is 2. The standard InChI is InChI=1S/C15H23N3O6.C3H8N4O2.2C2H6/c1-10(7-17-15(23)18-9-19)12-6-5-11(24-12)8-16-13(20)3-2-4-14(21)22;4-3(5)6-1-2(8)7-9;2*1-2/h7,9,11-12H,2-6,8H2,1H3,(H,16,20)(H,21,22)(H2,17,18,19,23);9H,1H2,(H,7,8)(H4,4,5,6);2*1-2H3/b10-7+;;;. The van der Waals surface area contributed by atoms with E-state index in [4.69, 9.17) is 26.5 Å². The fourth-order valence-electron chi connectivity index (χ4n) is 2.47. The lowest BCUT2D eigenvalue weighted by Crippen LogP contribution is -2.33. The lowest BCUT2D eigenvalue weighted by atomic mass is 10.1. The van der Waals surface area contributed by atoms with Crippen molar-refractivity contribution in [3.05, 3.63) is 11.8 Å². The molecule has 0 spiro atoms. The lowest BCUT2D eigenvalue weighted by Gasteiger charge is -2.15. The van der Waals surface area contributed by atoms with Crippen molar-refractivity contribution in [1.82, 2.24) is 21.4 Å². The number of urea groups is 1. The number of carboxylic acids is 1. The van der Waals surface area contributed by atoms with Gasteiger partial charge in [0.25, 0.3) is 5.91 Å². The summed E-state index contributed by atoms with van der Waals surface area (Å²) in [7, 11) is 0. The van der Waals surface area contributed by atoms with E-state index in [2.05, 4.69) is 15.6 Å². The van der Waals surface area contributed by atoms with Crippen molar-refractivity contribution in [3.8, 4) is 0 Å². The lowest BCUT2D eigenvalue weighted by molar-refractivity contribution is -0.137. The van der Waals surface area contributed by atoms with Crippen LogP contribution in [0.1, 0.15) is 66.7 Å². The summed E-state index contributed by atoms with van der Waals surface area (Å²) in [5.74, 6) is -1.94. The summed E-state index contributed by atoms with van der Waals surface area (Å²) in [6.07, 6.45) is 3.49. The van der Waals surface area contributed by atoms with Crippen LogP contribution in [0.5, 0.6) is 0 Å². The van der Waals surface area contributed by atoms with Gasteiger partial charge in [-0.25, -0.2) is 15.3 Å². The Kier molecular flexibility index (Phi) is 25.9. The van der Waals surface area contributed by atoms with Crippen LogP contribution in [0, 0.1) is 0 Å². The number of carboxylic acid groups (broad SMARTS) is 1. The molecule has 1 fully saturated rings. The number of hydrogen-bond donors (Lipinski definition) is 8. The van der Waals surface area contributed by atoms with Crippen LogP contribution in [-0.2, 0) is 23.9 Å². The highest BCUT2D eigenvalue weighted by molar-refractivity contribution is 5.85. The maximum Gasteiger partial charge on any atom is 0.325 e. The van der Waals surface area contributed by atoms with E-state index in [1.54, 1.807) is 6.92 Å². The fourth-order valence-corrected chi connectivity index (χ4v) is 2.47. The topological polar surface area (TPSA) is 248 Å². The molecule has 0 aromatic heterocycles. The zero-order chi connectivity index (χ0) is 29.2. The predicted octanol–water partition coefficient (Wildman–Crippen LogP) is 0.0821. The summed E-state index contributed by atoms with van der Waals surface area (Å²) in [6, 6.07) is -0.618. The Balaban J connectivity index is -0.000000744. The van der Waals surface area contributed by atoms with Crippen molar-refractivity contribution in [3.63, 3.8) is 0 Å². The van der Waals surface area contributed by atoms with Crippen molar-refractivity contribution in [2.75, 3.05) is 13.1 Å². The van der Waals surface area contributed by atoms with Gasteiger partial charge in [-0.1, -0.05) is 27.7 Å². The zero-order valence-electron chi connectivity index (χ0n) is 22.2. The van der Waals surface area contributed by atoms with Gasteiger partial charge in [-0.05, 0) is 31.8 Å². The Bertz CT molecular complexity index is 741. The SMILES string of the molecule is C/C(=C\NC(=O)NC=O)C1CCC(CNC(=O)CCCC(=O)O)O1.CC.CC.NC(N)=NCC(=O)NO. The van der Waals surface area contributed by atoms with Crippen LogP contribution >= 0.6 is 0 Å². The molecule has 214 valence electrons. The Hall–Kier alpha value is -3.72. The minimum atomic E-state index is -0.914. The average molecular weight is 534 g/mol. The molecule has 0 aromatic carbocycles. The van der Waals surface area contributed by atoms with E-state index in [1.165, 1.54) is 11.7 Å². The van der Waals surface area contributed by atoms with Crippen molar-refractivity contribution in [2.45, 2.75) is 78.9 Å². The second-order valence-electron chi connectivity index (χ2n) is 6.78. The first-order valence-electron chi connectivity index (χ1n) is 11.9. The first-order valence-corrected chi connectivity index (χ1v) is 11.9. The minimum Gasteiger partial charge on any atom is -0.481 e. The maximum absolute atomic E-state index is 11.6. The van der Waals surface area contributed by atoms with Crippen molar-refractivity contribution in [2.24, 2.45) is 16.5 Å². The van der Waals surface area contributed by atoms with Crippen LogP contribution in [0.3, 0.4) is 0 Å². The van der Waals surface area contributed by atoms with Gasteiger partial charge in [-0.3, -0.25) is 29.7 Å². The normalized spacial score (nSPS) is 15.5. The van der Waals surface area contributed by atoms with E-state index in [9.17, 15) is 24.0 Å². The molecule has 0 saturated carbocycles. The molecule has 1 saturated heterocycles. The number of carbonyl (C=O) groups excluding carboxylic acids is 4. The van der Waals surface area contributed by atoms with Crippen LogP contribution < -0.4 is 32.9 Å². The molecule has 10 N–H and O–H groups in total. The molecule has 37 heavy (non-hydrogen) atoms. The molecule has 1 rings (SSSR count). The van der Waals surface area contributed by atoms with Crippen LogP contribution in [0.15, 0.2) is 16.8 Å². The monoisotopic (exact) mass is 533 g/mol. The number of nitrogens with one attached hydrogen (secondary N) is 4. The van der Waals surface area contributed by atoms with E-state index in [1.807, 2.05) is 33.0 Å². The van der Waals surface area contributed by atoms with Crippen LogP contribution in [0.2, 0.25) is 0 Å². The van der Waals surface area contributed by atoms with Gasteiger partial charge in [0.15, 0.2) is 5.96 Å². The quantitative estimate of drug-likeness (QED) is 0.0584. The first kappa shape index (κ1) is 37.8. The third kappa shape index (κ3) is 23.8. The van der Waals surface area contributed by atoms with Crippen LogP contribution in [0.4, 0.5) is 4.79 Å². The third-order valence-corrected chi connectivity index (χ3v) is 4.09. The second-order valence-corrected chi connectivity index (χ2v) is 6.78. The summed E-state index contributed by atoms with van der Waals surface area (Å²) >= 11 is 0. The van der Waals surface area contributed by atoms with Crippen LogP contribution in [-0.4, -0.2) is 71.8 Å². The fraction of sp³-hybridized carbons (Fsp3) is 0.636. The molecule has 2 atom stereocenters. The molecule has 0 aliphatic carbocycles. The summed E-state index contributed by atoms with van der Waals surface area (Å²) in [6.45, 7) is 9.92. The second kappa shape index (κ2) is 25.4. The number of amides is 5. The van der Waals surface area contributed by atoms with Gasteiger partial charge in [0, 0.05) is 25.6 Å². The van der Waals surface area contributed by atoms with Gasteiger partial charge in [-0.2, -0.15) is 0 Å². The van der Waals surface area contributed by atoms with E-state index < -0.39 is 17.9 Å². The molecule has 0 bridgehead atoms. The largest absolute Gasteiger partial charge is 0.481 e. The summed E-state index contributed by atoms with van der Waals surface area (Å²) < 4.78 is 5.79. The molecule has 1 aliphatic rings. The number of aliphatic carboxylic acids is 1. The number of hydroxylamine groups is 1. The summed E-state index contributed by atoms with van der Waals surface area (Å²) in [5.41, 5.74) is 11.9. The molecule has 1 aliphatic heterocycles. The van der Waals surface area contributed by atoms with Crippen molar-refractivity contribution in [1.29, 1.82) is 0 Å². The van der Waals surface area contributed by atoms with Crippen molar-refractivity contribution < 1.29 is 39.0 Å². The molecule has 1 heterocycles. The van der Waals surface area contributed by atoms with E-state index in [0.29, 0.717) is 19.4 Å². The van der Waals surface area contributed by atoms with Crippen LogP contribution in [0.25, 0.3) is 0 Å². The number of hydrogen-bond acceptors (Lipinski definition) is 8. The Labute approximate surface area is 217 Å². The van der Waals surface area contributed by atoms with Gasteiger partial charge in [-0.15, -0.1) is 0 Å². The number of ether oxygens (including phenoxy) is 1. The first-order chi connectivity index (χ1) is 17.6. The highest BCUT2D eigenvalue weighted by Gasteiger charge is 2.26. The van der Waals surface area contributed by atoms with E-state index in [-0.39, 0.29) is 43.5 Å². The smallest absolute Gasteiger partial charge is 0.325 e. The number of imide groups is 1.